The van der Waals surface area contributed by atoms with Gasteiger partial charge in [-0.25, -0.2) is 0 Å². The first kappa shape index (κ1) is 20.3. The van der Waals surface area contributed by atoms with Gasteiger partial charge in [0.25, 0.3) is 0 Å². The lowest BCUT2D eigenvalue weighted by Gasteiger charge is -2.17. The molecule has 4 nitrogen and oxygen atoms in total. The number of hydrogen-bond acceptors (Lipinski definition) is 2. The van der Waals surface area contributed by atoms with Crippen molar-refractivity contribution in [3.05, 3.63) is 0 Å². The number of guanidine groups is 1. The Bertz CT molecular complexity index is 203. The van der Waals surface area contributed by atoms with Crippen molar-refractivity contribution in [2.45, 2.75) is 40.5 Å². The Kier molecular flexibility index (Phi) is 15.1. The van der Waals surface area contributed by atoms with Crippen LogP contribution in [0.5, 0.6) is 0 Å². The summed E-state index contributed by atoms with van der Waals surface area (Å²) in [5.74, 6) is 1.15. The smallest absolute Gasteiger partial charge is 0.188 e. The fourth-order valence-corrected chi connectivity index (χ4v) is 1.55. The summed E-state index contributed by atoms with van der Waals surface area (Å²) < 4.78 is 0. The number of hydrogen-bond donors (Lipinski definition) is 2. The van der Waals surface area contributed by atoms with Gasteiger partial charge < -0.3 is 16.0 Å². The first-order valence-electron chi connectivity index (χ1n) is 6.86. The maximum Gasteiger partial charge on any atom is 0.188 e. The Morgan fingerprint density at radius 1 is 1.22 bits per heavy atom. The molecule has 0 rings (SSSR count). The van der Waals surface area contributed by atoms with Gasteiger partial charge >= 0.3 is 0 Å². The van der Waals surface area contributed by atoms with Crippen molar-refractivity contribution in [3.63, 3.8) is 0 Å². The summed E-state index contributed by atoms with van der Waals surface area (Å²) in [6.45, 7) is 13.9. The summed E-state index contributed by atoms with van der Waals surface area (Å²) in [5.41, 5.74) is 5.74. The first-order chi connectivity index (χ1) is 8.10. The molecule has 5 heteroatoms. The lowest BCUT2D eigenvalue weighted by atomic mass is 10.2. The molecule has 0 bridgehead atoms. The highest BCUT2D eigenvalue weighted by molar-refractivity contribution is 14.0. The second-order valence-corrected chi connectivity index (χ2v) is 4.78. The largest absolute Gasteiger partial charge is 0.370 e. The van der Waals surface area contributed by atoms with Gasteiger partial charge in [0, 0.05) is 13.1 Å². The third-order valence-corrected chi connectivity index (χ3v) is 2.73. The Morgan fingerprint density at radius 3 is 2.33 bits per heavy atom. The minimum absolute atomic E-state index is 0. The lowest BCUT2D eigenvalue weighted by molar-refractivity contribution is 0.297. The van der Waals surface area contributed by atoms with Crippen LogP contribution in [0.15, 0.2) is 4.99 Å². The average Bonchev–Trinajstić information content (AvgIpc) is 2.31. The summed E-state index contributed by atoms with van der Waals surface area (Å²) in [5, 5.41) is 3.16. The van der Waals surface area contributed by atoms with Crippen molar-refractivity contribution < 1.29 is 0 Å². The predicted molar refractivity (Wildman–Crippen MR) is 91.8 cm³/mol. The molecule has 0 aromatic heterocycles. The van der Waals surface area contributed by atoms with Crippen LogP contribution in [-0.2, 0) is 0 Å². The molecular weight excluding hydrogens is 339 g/mol. The van der Waals surface area contributed by atoms with Gasteiger partial charge in [0.15, 0.2) is 5.96 Å². The summed E-state index contributed by atoms with van der Waals surface area (Å²) >= 11 is 0. The third-order valence-electron chi connectivity index (χ3n) is 2.73. The maximum atomic E-state index is 5.74. The summed E-state index contributed by atoms with van der Waals surface area (Å²) in [6.07, 6.45) is 2.36. The van der Waals surface area contributed by atoms with Gasteiger partial charge in [-0.15, -0.1) is 24.0 Å². The molecule has 0 aliphatic carbocycles. The molecule has 0 fully saturated rings. The van der Waals surface area contributed by atoms with E-state index in [0.29, 0.717) is 11.9 Å². The molecule has 0 spiro atoms. The van der Waals surface area contributed by atoms with Crippen LogP contribution in [0.1, 0.15) is 40.5 Å². The Morgan fingerprint density at radius 2 is 1.83 bits per heavy atom. The summed E-state index contributed by atoms with van der Waals surface area (Å²) in [7, 11) is 0. The number of halogens is 1. The molecule has 0 atom stereocenters. The van der Waals surface area contributed by atoms with Crippen molar-refractivity contribution in [2.24, 2.45) is 16.6 Å². The molecular formula is C13H31IN4. The van der Waals surface area contributed by atoms with Crippen LogP contribution in [0, 0.1) is 5.92 Å². The zero-order valence-electron chi connectivity index (χ0n) is 12.4. The lowest BCUT2D eigenvalue weighted by Crippen LogP contribution is -2.33. The maximum absolute atomic E-state index is 5.74. The van der Waals surface area contributed by atoms with Crippen molar-refractivity contribution in [3.8, 4) is 0 Å². The van der Waals surface area contributed by atoms with Gasteiger partial charge in [-0.3, -0.25) is 4.99 Å². The number of nitrogens with two attached hydrogens (primary N) is 1. The zero-order chi connectivity index (χ0) is 13.1. The van der Waals surface area contributed by atoms with E-state index in [1.54, 1.807) is 0 Å². The minimum atomic E-state index is 0. The highest BCUT2D eigenvalue weighted by atomic mass is 127. The van der Waals surface area contributed by atoms with E-state index < -0.39 is 0 Å². The van der Waals surface area contributed by atoms with E-state index in [9.17, 15) is 0 Å². The molecule has 0 aliphatic heterocycles. The monoisotopic (exact) mass is 370 g/mol. The van der Waals surface area contributed by atoms with Crippen LogP contribution in [-0.4, -0.2) is 43.6 Å². The summed E-state index contributed by atoms with van der Waals surface area (Å²) in [4.78, 5) is 6.70. The zero-order valence-corrected chi connectivity index (χ0v) is 14.7. The second-order valence-electron chi connectivity index (χ2n) is 4.78. The van der Waals surface area contributed by atoms with Gasteiger partial charge in [0.2, 0.25) is 0 Å². The molecule has 0 aromatic rings. The fraction of sp³-hybridized carbons (Fsp3) is 0.923. The number of unbranched alkanes of at least 4 members (excludes halogenated alkanes) is 1. The molecule has 0 aromatic carbocycles. The van der Waals surface area contributed by atoms with Gasteiger partial charge in [0.1, 0.15) is 0 Å². The van der Waals surface area contributed by atoms with Crippen molar-refractivity contribution in [1.29, 1.82) is 0 Å². The molecule has 0 heterocycles. The van der Waals surface area contributed by atoms with E-state index >= 15 is 0 Å². The number of nitrogens with one attached hydrogen (secondary N) is 1. The highest BCUT2D eigenvalue weighted by Gasteiger charge is 1.98. The van der Waals surface area contributed by atoms with Crippen LogP contribution in [0.3, 0.4) is 0 Å². The molecule has 18 heavy (non-hydrogen) atoms. The van der Waals surface area contributed by atoms with Crippen LogP contribution in [0.25, 0.3) is 0 Å². The topological polar surface area (TPSA) is 53.6 Å². The molecule has 110 valence electrons. The van der Waals surface area contributed by atoms with Gasteiger partial charge in [-0.2, -0.15) is 0 Å². The summed E-state index contributed by atoms with van der Waals surface area (Å²) in [6, 6.07) is 0. The van der Waals surface area contributed by atoms with E-state index in [1.807, 2.05) is 0 Å². The number of rotatable bonds is 9. The molecule has 0 amide bonds. The van der Waals surface area contributed by atoms with Crippen LogP contribution >= 0.6 is 24.0 Å². The third kappa shape index (κ3) is 12.4. The molecule has 0 saturated carbocycles. The Hall–Kier alpha value is -0.0400. The van der Waals surface area contributed by atoms with Crippen molar-refractivity contribution in [1.82, 2.24) is 10.2 Å². The first-order valence-corrected chi connectivity index (χ1v) is 6.86. The van der Waals surface area contributed by atoms with Gasteiger partial charge in [-0.1, -0.05) is 27.7 Å². The number of nitrogens with zero attached hydrogens (tertiary/aromatic N) is 2. The van der Waals surface area contributed by atoms with E-state index in [2.05, 4.69) is 42.9 Å². The van der Waals surface area contributed by atoms with Crippen LogP contribution in [0.4, 0.5) is 0 Å². The van der Waals surface area contributed by atoms with E-state index in [4.69, 9.17) is 5.73 Å². The van der Waals surface area contributed by atoms with Crippen LogP contribution in [0.2, 0.25) is 0 Å². The van der Waals surface area contributed by atoms with E-state index in [1.165, 1.54) is 13.0 Å². The predicted octanol–water partition coefficient (Wildman–Crippen LogP) is 2.29. The van der Waals surface area contributed by atoms with Gasteiger partial charge in [0.05, 0.1) is 0 Å². The average molecular weight is 370 g/mol. The number of aliphatic imine (C=N–C) groups is 1. The quantitative estimate of drug-likeness (QED) is 0.283. The van der Waals surface area contributed by atoms with Crippen molar-refractivity contribution >= 4 is 29.9 Å². The SMILES string of the molecule is CCN(CC)CCCCNC(N)=NCC(C)C.I. The highest BCUT2D eigenvalue weighted by Crippen LogP contribution is 1.94. The molecule has 0 unspecified atom stereocenters. The molecule has 0 aliphatic rings. The normalized spacial score (nSPS) is 11.8. The Balaban J connectivity index is 0. The van der Waals surface area contributed by atoms with Crippen molar-refractivity contribution in [2.75, 3.05) is 32.7 Å². The van der Waals surface area contributed by atoms with Crippen LogP contribution < -0.4 is 11.1 Å². The minimum Gasteiger partial charge on any atom is -0.370 e. The molecule has 0 radical (unpaired) electrons. The molecule has 0 saturated heterocycles. The van der Waals surface area contributed by atoms with E-state index in [0.717, 1.165) is 32.6 Å². The van der Waals surface area contributed by atoms with Gasteiger partial charge in [-0.05, 0) is 38.4 Å². The van der Waals surface area contributed by atoms with E-state index in [-0.39, 0.29) is 24.0 Å². The fourth-order valence-electron chi connectivity index (χ4n) is 1.55. The standard InChI is InChI=1S/C13H30N4.HI/c1-5-17(6-2)10-8-7-9-15-13(14)16-11-12(3)4;/h12H,5-11H2,1-4H3,(H3,14,15,16);1H. The molecule has 3 N–H and O–H groups in total. The Labute approximate surface area is 130 Å². The second kappa shape index (κ2) is 13.4.